The molecule has 0 bridgehead atoms. The van der Waals surface area contributed by atoms with Gasteiger partial charge in [-0.1, -0.05) is 18.2 Å². The molecule has 1 saturated heterocycles. The van der Waals surface area contributed by atoms with E-state index in [2.05, 4.69) is 52.8 Å². The van der Waals surface area contributed by atoms with Crippen LogP contribution in [0.3, 0.4) is 0 Å². The monoisotopic (exact) mass is 460 g/mol. The van der Waals surface area contributed by atoms with Gasteiger partial charge in [-0.2, -0.15) is 0 Å². The maximum Gasteiger partial charge on any atom is 0.191 e. The molecule has 2 rings (SSSR count). The largest absolute Gasteiger partial charge is 0.382 e. The minimum atomic E-state index is 0. The number of halogens is 1. The highest BCUT2D eigenvalue weighted by Crippen LogP contribution is 2.23. The highest BCUT2D eigenvalue weighted by atomic mass is 127. The van der Waals surface area contributed by atoms with Crippen molar-refractivity contribution in [1.29, 1.82) is 0 Å². The van der Waals surface area contributed by atoms with E-state index >= 15 is 0 Å². The summed E-state index contributed by atoms with van der Waals surface area (Å²) in [5, 5.41) is 6.72. The van der Waals surface area contributed by atoms with Crippen molar-refractivity contribution in [3.63, 3.8) is 0 Å². The lowest BCUT2D eigenvalue weighted by atomic mass is 10.1. The van der Waals surface area contributed by atoms with Crippen molar-refractivity contribution in [3.8, 4) is 0 Å². The highest BCUT2D eigenvalue weighted by molar-refractivity contribution is 14.0. The number of hydrogen-bond acceptors (Lipinski definition) is 3. The first-order chi connectivity index (χ1) is 11.8. The molecule has 142 valence electrons. The first-order valence-electron chi connectivity index (χ1n) is 9.23. The summed E-state index contributed by atoms with van der Waals surface area (Å²) < 4.78 is 5.36. The molecule has 6 heteroatoms. The number of para-hydroxylation sites is 1. The second kappa shape index (κ2) is 13.2. The first-order valence-corrected chi connectivity index (χ1v) is 9.23. The van der Waals surface area contributed by atoms with Crippen LogP contribution in [0.5, 0.6) is 0 Å². The van der Waals surface area contributed by atoms with E-state index < -0.39 is 0 Å². The fourth-order valence-corrected chi connectivity index (χ4v) is 2.94. The summed E-state index contributed by atoms with van der Waals surface area (Å²) in [6.07, 6.45) is 2.21. The molecule has 1 aliphatic heterocycles. The summed E-state index contributed by atoms with van der Waals surface area (Å²) in [6.45, 7) is 10.6. The van der Waals surface area contributed by atoms with Gasteiger partial charge in [-0.25, -0.2) is 0 Å². The van der Waals surface area contributed by atoms with Crippen LogP contribution < -0.4 is 15.5 Å². The van der Waals surface area contributed by atoms with E-state index in [-0.39, 0.29) is 24.0 Å². The number of rotatable bonds is 9. The average molecular weight is 460 g/mol. The molecule has 1 unspecified atom stereocenters. The van der Waals surface area contributed by atoms with Gasteiger partial charge in [-0.15, -0.1) is 24.0 Å². The minimum Gasteiger partial charge on any atom is -0.382 e. The van der Waals surface area contributed by atoms with Crippen LogP contribution in [-0.4, -0.2) is 51.9 Å². The number of nitrogens with one attached hydrogen (secondary N) is 2. The molecule has 0 amide bonds. The van der Waals surface area contributed by atoms with E-state index in [1.54, 1.807) is 0 Å². The van der Waals surface area contributed by atoms with Crippen LogP contribution in [0, 0.1) is 5.92 Å². The Morgan fingerprint density at radius 2 is 2.04 bits per heavy atom. The summed E-state index contributed by atoms with van der Waals surface area (Å²) in [4.78, 5) is 7.23. The smallest absolute Gasteiger partial charge is 0.191 e. The molecule has 1 fully saturated rings. The fraction of sp³-hybridized carbons (Fsp3) is 0.632. The molecule has 1 aliphatic rings. The molecule has 0 radical (unpaired) electrons. The average Bonchev–Trinajstić information content (AvgIpc) is 3.09. The number of anilines is 1. The lowest BCUT2D eigenvalue weighted by Crippen LogP contribution is -2.38. The van der Waals surface area contributed by atoms with E-state index in [1.807, 2.05) is 6.92 Å². The van der Waals surface area contributed by atoms with Crippen molar-refractivity contribution >= 4 is 35.6 Å². The second-order valence-corrected chi connectivity index (χ2v) is 6.13. The standard InChI is InChI=1S/C19H32N4O.HI/c1-3-20-19(21-12-8-14-24-4-2)22-15-17-11-13-23(16-17)18-9-6-5-7-10-18;/h5-7,9-10,17H,3-4,8,11-16H2,1-2H3,(H2,20,21,22);1H. The molecule has 1 aromatic carbocycles. The van der Waals surface area contributed by atoms with Gasteiger partial charge in [0.2, 0.25) is 0 Å². The highest BCUT2D eigenvalue weighted by Gasteiger charge is 2.22. The maximum atomic E-state index is 5.36. The van der Waals surface area contributed by atoms with Gasteiger partial charge in [0.25, 0.3) is 0 Å². The molecule has 5 nitrogen and oxygen atoms in total. The third-order valence-electron chi connectivity index (χ3n) is 4.22. The Balaban J connectivity index is 0.00000312. The lowest BCUT2D eigenvalue weighted by molar-refractivity contribution is 0.145. The molecule has 2 N–H and O–H groups in total. The van der Waals surface area contributed by atoms with Crippen LogP contribution in [0.1, 0.15) is 26.7 Å². The van der Waals surface area contributed by atoms with Gasteiger partial charge in [0.15, 0.2) is 5.96 Å². The molecular weight excluding hydrogens is 427 g/mol. The van der Waals surface area contributed by atoms with E-state index in [0.717, 1.165) is 58.3 Å². The second-order valence-electron chi connectivity index (χ2n) is 6.13. The zero-order chi connectivity index (χ0) is 17.0. The SMILES string of the molecule is CCNC(=NCC1CCN(c2ccccc2)C1)NCCCOCC.I. The van der Waals surface area contributed by atoms with Crippen molar-refractivity contribution in [2.24, 2.45) is 10.9 Å². The van der Waals surface area contributed by atoms with Crippen LogP contribution >= 0.6 is 24.0 Å². The van der Waals surface area contributed by atoms with Crippen molar-refractivity contribution in [1.82, 2.24) is 10.6 Å². The molecular formula is C19H33IN4O. The molecule has 1 heterocycles. The normalized spacial score (nSPS) is 17.3. The van der Waals surface area contributed by atoms with Crippen LogP contribution in [0.4, 0.5) is 5.69 Å². The molecule has 0 spiro atoms. The summed E-state index contributed by atoms with van der Waals surface area (Å²) in [5.74, 6) is 1.55. The van der Waals surface area contributed by atoms with Crippen molar-refractivity contribution in [2.45, 2.75) is 26.7 Å². The predicted molar refractivity (Wildman–Crippen MR) is 117 cm³/mol. The molecule has 0 aromatic heterocycles. The Kier molecular flexibility index (Phi) is 11.6. The quantitative estimate of drug-likeness (QED) is 0.257. The zero-order valence-corrected chi connectivity index (χ0v) is 17.9. The van der Waals surface area contributed by atoms with Crippen LogP contribution in [0.15, 0.2) is 35.3 Å². The Labute approximate surface area is 169 Å². The van der Waals surface area contributed by atoms with E-state index in [9.17, 15) is 0 Å². The third kappa shape index (κ3) is 8.27. The van der Waals surface area contributed by atoms with Gasteiger partial charge in [-0.3, -0.25) is 4.99 Å². The van der Waals surface area contributed by atoms with Gasteiger partial charge in [0.1, 0.15) is 0 Å². The summed E-state index contributed by atoms with van der Waals surface area (Å²) >= 11 is 0. The van der Waals surface area contributed by atoms with Gasteiger partial charge in [0.05, 0.1) is 0 Å². The molecule has 0 saturated carbocycles. The van der Waals surface area contributed by atoms with Gasteiger partial charge >= 0.3 is 0 Å². The van der Waals surface area contributed by atoms with E-state index in [4.69, 9.17) is 9.73 Å². The van der Waals surface area contributed by atoms with Gasteiger partial charge in [0, 0.05) is 51.6 Å². The maximum absolute atomic E-state index is 5.36. The molecule has 1 aromatic rings. The lowest BCUT2D eigenvalue weighted by Gasteiger charge is -2.18. The summed E-state index contributed by atoms with van der Waals surface area (Å²) in [5.41, 5.74) is 1.32. The number of guanidine groups is 1. The Bertz CT molecular complexity index is 484. The van der Waals surface area contributed by atoms with Crippen molar-refractivity contribution in [3.05, 3.63) is 30.3 Å². The predicted octanol–water partition coefficient (Wildman–Crippen LogP) is 3.11. The number of ether oxygens (including phenoxy) is 1. The Morgan fingerprint density at radius 3 is 2.76 bits per heavy atom. The molecule has 25 heavy (non-hydrogen) atoms. The first kappa shape index (κ1) is 22.0. The minimum absolute atomic E-state index is 0. The number of aliphatic imine (C=N–C) groups is 1. The third-order valence-corrected chi connectivity index (χ3v) is 4.22. The van der Waals surface area contributed by atoms with Crippen LogP contribution in [0.2, 0.25) is 0 Å². The number of hydrogen-bond donors (Lipinski definition) is 2. The molecule has 0 aliphatic carbocycles. The fourth-order valence-electron chi connectivity index (χ4n) is 2.94. The molecule has 1 atom stereocenters. The van der Waals surface area contributed by atoms with Crippen molar-refractivity contribution < 1.29 is 4.74 Å². The van der Waals surface area contributed by atoms with Crippen LogP contribution in [-0.2, 0) is 4.74 Å². The van der Waals surface area contributed by atoms with E-state index in [1.165, 1.54) is 12.1 Å². The Morgan fingerprint density at radius 1 is 1.24 bits per heavy atom. The van der Waals surface area contributed by atoms with Gasteiger partial charge < -0.3 is 20.3 Å². The topological polar surface area (TPSA) is 48.9 Å². The zero-order valence-electron chi connectivity index (χ0n) is 15.5. The summed E-state index contributed by atoms with van der Waals surface area (Å²) in [7, 11) is 0. The number of benzene rings is 1. The van der Waals surface area contributed by atoms with Crippen LogP contribution in [0.25, 0.3) is 0 Å². The number of nitrogens with zero attached hydrogens (tertiary/aromatic N) is 2. The van der Waals surface area contributed by atoms with Gasteiger partial charge in [-0.05, 0) is 44.7 Å². The summed E-state index contributed by atoms with van der Waals surface area (Å²) in [6, 6.07) is 10.7. The van der Waals surface area contributed by atoms with Crippen molar-refractivity contribution in [2.75, 3.05) is 50.8 Å². The Hall–Kier alpha value is -1.02. The van der Waals surface area contributed by atoms with E-state index in [0.29, 0.717) is 5.92 Å².